The van der Waals surface area contributed by atoms with Gasteiger partial charge in [-0.15, -0.1) is 18.9 Å². The van der Waals surface area contributed by atoms with Crippen molar-refractivity contribution in [3.63, 3.8) is 0 Å². The van der Waals surface area contributed by atoms with Gasteiger partial charge in [-0.05, 0) is 70.2 Å². The second-order valence-corrected chi connectivity index (χ2v) is 18.8. The summed E-state index contributed by atoms with van der Waals surface area (Å²) >= 11 is 1.46. The van der Waals surface area contributed by atoms with E-state index in [1.54, 1.807) is 0 Å². The molecule has 8 rings (SSSR count). The third-order valence-corrected chi connectivity index (χ3v) is 12.8. The summed E-state index contributed by atoms with van der Waals surface area (Å²) in [6.45, 7) is 24.9. The maximum atomic E-state index is 3.16. The van der Waals surface area contributed by atoms with Gasteiger partial charge in [0.05, 0.1) is 0 Å². The standard InChI is InChI=1S/C27H29.C15H14.C9H13.2ClH.Zr/c1-16-7-9-26(3,4)24-12-18-11-19-13-25-21(17(2)8-10-27(25,5)6)15-23(19)22(18)14-20(16)24;1-12-3-7-14(8-4-12)11-15-9-5-13(2)6-10-15;1-9(2,3)8-6-4-5-7-8;;;/h7-9,12-15H,10-11H2,1-6H3;3-10H,1-2H3;6-7H,4H2,1-3H3;2*1H;/q-1;;-1;;;+2/p-2. The Bertz CT molecular complexity index is 2010. The molecule has 0 radical (unpaired) electrons. The van der Waals surface area contributed by atoms with Gasteiger partial charge in [0.15, 0.2) is 0 Å². The molecular weight excluding hydrogens is 775 g/mol. The summed E-state index contributed by atoms with van der Waals surface area (Å²) in [4.78, 5) is 0. The van der Waals surface area contributed by atoms with E-state index in [-0.39, 0.29) is 35.6 Å². The number of hydrogen-bond donors (Lipinski definition) is 0. The normalized spacial score (nSPS) is 16.4. The Kier molecular flexibility index (Phi) is 13.8. The summed E-state index contributed by atoms with van der Waals surface area (Å²) in [6.07, 6.45) is 17.8. The van der Waals surface area contributed by atoms with Crippen LogP contribution in [-0.2, 0) is 41.5 Å². The van der Waals surface area contributed by atoms with Crippen molar-refractivity contribution in [1.82, 2.24) is 0 Å². The number of fused-ring (bicyclic) bond motifs is 5. The van der Waals surface area contributed by atoms with Crippen molar-refractivity contribution in [3.05, 3.63) is 171 Å². The van der Waals surface area contributed by atoms with Crippen molar-refractivity contribution < 1.29 is 49.0 Å². The van der Waals surface area contributed by atoms with Crippen LogP contribution >= 0.6 is 0 Å². The first-order chi connectivity index (χ1) is 24.4. The van der Waals surface area contributed by atoms with Crippen molar-refractivity contribution in [2.24, 2.45) is 5.41 Å². The van der Waals surface area contributed by atoms with Gasteiger partial charge in [0.2, 0.25) is 0 Å². The van der Waals surface area contributed by atoms with Gasteiger partial charge in [-0.1, -0.05) is 89.1 Å². The van der Waals surface area contributed by atoms with E-state index >= 15 is 0 Å². The Balaban J connectivity index is 0.000000205. The van der Waals surface area contributed by atoms with Crippen LogP contribution in [0.3, 0.4) is 0 Å². The van der Waals surface area contributed by atoms with E-state index in [4.69, 9.17) is 0 Å². The van der Waals surface area contributed by atoms with Crippen molar-refractivity contribution in [2.75, 3.05) is 0 Å². The molecule has 0 aromatic heterocycles. The first-order valence-corrected chi connectivity index (χ1v) is 20.2. The molecule has 0 atom stereocenters. The Morgan fingerprint density at radius 1 is 0.667 bits per heavy atom. The minimum Gasteiger partial charge on any atom is -1.00 e. The summed E-state index contributed by atoms with van der Waals surface area (Å²) in [5, 5.41) is 0. The molecule has 54 heavy (non-hydrogen) atoms. The molecule has 0 saturated heterocycles. The van der Waals surface area contributed by atoms with Crippen LogP contribution in [0.25, 0.3) is 22.3 Å². The van der Waals surface area contributed by atoms with E-state index in [1.165, 1.54) is 111 Å². The zero-order chi connectivity index (χ0) is 37.6. The molecule has 3 heteroatoms. The van der Waals surface area contributed by atoms with E-state index in [9.17, 15) is 0 Å². The van der Waals surface area contributed by atoms with E-state index in [2.05, 4.69) is 186 Å². The molecule has 4 aromatic rings. The molecule has 4 aliphatic rings. The molecule has 4 aliphatic carbocycles. The fourth-order valence-corrected chi connectivity index (χ4v) is 8.52. The van der Waals surface area contributed by atoms with Gasteiger partial charge in [0, 0.05) is 0 Å². The summed E-state index contributed by atoms with van der Waals surface area (Å²) in [7, 11) is 0. The average molecular weight is 831 g/mol. The molecular formula is C51H56Cl2Zr-2. The van der Waals surface area contributed by atoms with Gasteiger partial charge in [-0.25, -0.2) is 18.6 Å². The fourth-order valence-electron chi connectivity index (χ4n) is 7.70. The Labute approximate surface area is 354 Å². The molecule has 0 nitrogen and oxygen atoms in total. The molecule has 4 aromatic carbocycles. The summed E-state index contributed by atoms with van der Waals surface area (Å²) < 4.78 is 1.42. The first-order valence-electron chi connectivity index (χ1n) is 19.0. The van der Waals surface area contributed by atoms with Crippen LogP contribution in [0.5, 0.6) is 0 Å². The summed E-state index contributed by atoms with van der Waals surface area (Å²) in [5.74, 6) is 0. The number of allylic oxidation sites excluding steroid dienone is 8. The van der Waals surface area contributed by atoms with Crippen molar-refractivity contribution in [1.29, 1.82) is 0 Å². The maximum Gasteiger partial charge on any atom is -1.00 e. The number of aryl methyl sites for hydroxylation is 2. The van der Waals surface area contributed by atoms with Gasteiger partial charge in [0.1, 0.15) is 0 Å². The van der Waals surface area contributed by atoms with Crippen LogP contribution in [-0.4, -0.2) is 3.21 Å². The van der Waals surface area contributed by atoms with E-state index in [0.29, 0.717) is 5.41 Å². The Hall–Kier alpha value is -2.96. The van der Waals surface area contributed by atoms with Gasteiger partial charge in [0.25, 0.3) is 0 Å². The number of halogens is 2. The predicted molar refractivity (Wildman–Crippen MR) is 222 cm³/mol. The smallest absolute Gasteiger partial charge is 1.00 e. The molecule has 0 bridgehead atoms. The van der Waals surface area contributed by atoms with Crippen LogP contribution in [0.1, 0.15) is 131 Å². The van der Waals surface area contributed by atoms with Gasteiger partial charge in [-0.2, -0.15) is 17.2 Å². The number of hydrogen-bond acceptors (Lipinski definition) is 0. The van der Waals surface area contributed by atoms with Gasteiger partial charge >= 0.3 is 112 Å². The Morgan fingerprint density at radius 2 is 1.17 bits per heavy atom. The fraction of sp³-hybridized carbons (Fsp3) is 0.333. The van der Waals surface area contributed by atoms with Crippen molar-refractivity contribution >= 4 is 14.4 Å². The van der Waals surface area contributed by atoms with Crippen LogP contribution < -0.4 is 24.8 Å². The zero-order valence-electron chi connectivity index (χ0n) is 34.2. The predicted octanol–water partition coefficient (Wildman–Crippen LogP) is 7.39. The number of benzene rings is 4. The molecule has 0 amide bonds. The van der Waals surface area contributed by atoms with Crippen LogP contribution in [0.2, 0.25) is 0 Å². The summed E-state index contributed by atoms with van der Waals surface area (Å²) in [5.41, 5.74) is 22.0. The molecule has 0 N–H and O–H groups in total. The molecule has 0 unspecified atom stereocenters. The first kappa shape index (κ1) is 43.8. The second-order valence-electron chi connectivity index (χ2n) is 17.6. The minimum atomic E-state index is 0. The quantitative estimate of drug-likeness (QED) is 0.163. The minimum absolute atomic E-state index is 0. The van der Waals surface area contributed by atoms with Gasteiger partial charge < -0.3 is 24.8 Å². The molecule has 0 aliphatic heterocycles. The Morgan fingerprint density at radius 3 is 1.63 bits per heavy atom. The molecule has 0 saturated carbocycles. The van der Waals surface area contributed by atoms with Gasteiger partial charge in [-0.3, -0.25) is 6.08 Å². The molecule has 280 valence electrons. The maximum absolute atomic E-state index is 3.16. The van der Waals surface area contributed by atoms with Crippen LogP contribution in [0.15, 0.2) is 103 Å². The third kappa shape index (κ3) is 9.35. The van der Waals surface area contributed by atoms with E-state index < -0.39 is 0 Å². The molecule has 0 spiro atoms. The van der Waals surface area contributed by atoms with E-state index in [0.717, 1.165) is 19.3 Å². The monoisotopic (exact) mass is 828 g/mol. The SMILES string of the molecule is CC(C)(C)C1=CC[C-]=C1.CC1=C[CH-]C(C)(C)c2cc3c(cc21)-c1cc2c(cc1C3)C(C)(C)CC=C2C.Cc1ccc([C](=[Zr+2])c2ccc(C)cc2)cc1.[Cl-].[Cl-]. The molecule has 0 fully saturated rings. The van der Waals surface area contributed by atoms with E-state index in [1.807, 2.05) is 0 Å². The van der Waals surface area contributed by atoms with Crippen LogP contribution in [0.4, 0.5) is 0 Å². The summed E-state index contributed by atoms with van der Waals surface area (Å²) in [6, 6.07) is 27.5. The largest absolute Gasteiger partial charge is 1.00 e. The third-order valence-electron chi connectivity index (χ3n) is 11.3. The second kappa shape index (κ2) is 17.0. The topological polar surface area (TPSA) is 0 Å². The van der Waals surface area contributed by atoms with Crippen molar-refractivity contribution in [3.8, 4) is 11.1 Å². The average Bonchev–Trinajstić information content (AvgIpc) is 3.77. The zero-order valence-corrected chi connectivity index (χ0v) is 38.2. The molecule has 0 heterocycles. The van der Waals surface area contributed by atoms with Crippen LogP contribution in [0, 0.1) is 31.8 Å². The number of rotatable bonds is 2. The van der Waals surface area contributed by atoms with Crippen molar-refractivity contribution in [2.45, 2.75) is 106 Å².